The number of rotatable bonds is 5. The molecule has 1 nitrogen and oxygen atoms in total. The Bertz CT molecular complexity index is 2790. The molecule has 50 heavy (non-hydrogen) atoms. The molecule has 2 heteroatoms. The van der Waals surface area contributed by atoms with Crippen LogP contribution in [0.15, 0.2) is 188 Å². The lowest BCUT2D eigenvalue weighted by Gasteiger charge is -2.26. The molecular formula is C48H31NS. The molecule has 1 aromatic heterocycles. The molecule has 0 saturated heterocycles. The molecular weight excluding hydrogens is 623 g/mol. The summed E-state index contributed by atoms with van der Waals surface area (Å²) in [5.41, 5.74) is 7.03. The van der Waals surface area contributed by atoms with Gasteiger partial charge in [0, 0.05) is 26.6 Å². The van der Waals surface area contributed by atoms with Crippen LogP contribution in [0.2, 0.25) is 0 Å². The molecule has 0 radical (unpaired) electrons. The van der Waals surface area contributed by atoms with Crippen molar-refractivity contribution in [1.82, 2.24) is 0 Å². The van der Waals surface area contributed by atoms with Crippen LogP contribution in [0.5, 0.6) is 0 Å². The summed E-state index contributed by atoms with van der Waals surface area (Å²) >= 11 is 1.85. The molecule has 9 aromatic carbocycles. The van der Waals surface area contributed by atoms with Crippen molar-refractivity contribution in [3.05, 3.63) is 188 Å². The summed E-state index contributed by atoms with van der Waals surface area (Å²) in [4.78, 5) is 3.68. The maximum Gasteiger partial charge on any atom is 0.0468 e. The van der Waals surface area contributed by atoms with Crippen molar-refractivity contribution in [3.63, 3.8) is 0 Å². The Morgan fingerprint density at radius 3 is 1.46 bits per heavy atom. The van der Waals surface area contributed by atoms with E-state index in [9.17, 15) is 0 Å². The molecule has 0 N–H and O–H groups in total. The fourth-order valence-corrected chi connectivity index (χ4v) is 8.62. The Kier molecular flexibility index (Phi) is 6.75. The molecule has 10 rings (SSSR count). The van der Waals surface area contributed by atoms with E-state index in [1.807, 2.05) is 11.3 Å². The van der Waals surface area contributed by atoms with Gasteiger partial charge in [0.05, 0.1) is 0 Å². The first-order valence-electron chi connectivity index (χ1n) is 17.1. The maximum absolute atomic E-state index is 2.39. The van der Waals surface area contributed by atoms with Crippen molar-refractivity contribution in [2.24, 2.45) is 0 Å². The smallest absolute Gasteiger partial charge is 0.0468 e. The van der Waals surface area contributed by atoms with Crippen LogP contribution >= 0.6 is 11.3 Å². The summed E-state index contributed by atoms with van der Waals surface area (Å²) in [6, 6.07) is 68.8. The third kappa shape index (κ3) is 4.84. The second-order valence-corrected chi connectivity index (χ2v) is 14.0. The molecule has 0 unspecified atom stereocenters. The second-order valence-electron chi connectivity index (χ2n) is 13.0. The SMILES string of the molecule is c1ccc2cc(-c3ccc(N(c4ccc(-c5cc6ccccc6s5)cc4)c4ccc5c6ccccc6c6ccccc6c5c4)cc3)ccc2c1. The summed E-state index contributed by atoms with van der Waals surface area (Å²) in [5.74, 6) is 0. The molecule has 0 aliphatic carbocycles. The summed E-state index contributed by atoms with van der Waals surface area (Å²) < 4.78 is 1.32. The highest BCUT2D eigenvalue weighted by Gasteiger charge is 2.16. The van der Waals surface area contributed by atoms with Gasteiger partial charge in [-0.1, -0.05) is 133 Å². The minimum absolute atomic E-state index is 1.12. The van der Waals surface area contributed by atoms with Crippen LogP contribution in [0.25, 0.3) is 74.7 Å². The van der Waals surface area contributed by atoms with E-state index in [4.69, 9.17) is 0 Å². The lowest BCUT2D eigenvalue weighted by atomic mass is 9.94. The predicted octanol–water partition coefficient (Wildman–Crippen LogP) is 14.3. The third-order valence-corrected chi connectivity index (χ3v) is 11.2. The first-order valence-corrected chi connectivity index (χ1v) is 17.9. The number of fused-ring (bicyclic) bond motifs is 8. The van der Waals surface area contributed by atoms with E-state index in [0.717, 1.165) is 17.1 Å². The quantitative estimate of drug-likeness (QED) is 0.167. The number of anilines is 3. The number of nitrogens with zero attached hydrogens (tertiary/aromatic N) is 1. The van der Waals surface area contributed by atoms with Gasteiger partial charge < -0.3 is 4.90 Å². The van der Waals surface area contributed by atoms with E-state index in [1.165, 1.54) is 74.7 Å². The minimum atomic E-state index is 1.12. The number of hydrogen-bond acceptors (Lipinski definition) is 2. The fourth-order valence-electron chi connectivity index (χ4n) is 7.55. The average molecular weight is 654 g/mol. The Balaban J connectivity index is 1.12. The third-order valence-electron chi connectivity index (χ3n) is 10.0. The zero-order chi connectivity index (χ0) is 33.0. The van der Waals surface area contributed by atoms with Gasteiger partial charge in [0.25, 0.3) is 0 Å². The standard InChI is InChI=1S/C48H31NS/c1-2-10-35-29-36(18-17-32(35)9-1)33-19-23-38(24-20-33)49(39-25-21-34(22-26-39)48-30-37-11-3-8-16-47(37)50-48)40-27-28-45-43-14-5-4-12-41(43)42-13-6-7-15-44(42)46(45)31-40/h1-31H. The van der Waals surface area contributed by atoms with Gasteiger partial charge in [0.2, 0.25) is 0 Å². The van der Waals surface area contributed by atoms with Crippen LogP contribution in [0.4, 0.5) is 17.1 Å². The first kappa shape index (κ1) is 28.8. The van der Waals surface area contributed by atoms with E-state index >= 15 is 0 Å². The molecule has 10 aromatic rings. The van der Waals surface area contributed by atoms with Crippen molar-refractivity contribution in [1.29, 1.82) is 0 Å². The van der Waals surface area contributed by atoms with Crippen LogP contribution in [0, 0.1) is 0 Å². The van der Waals surface area contributed by atoms with Crippen molar-refractivity contribution >= 4 is 81.6 Å². The normalized spacial score (nSPS) is 11.6. The van der Waals surface area contributed by atoms with Crippen LogP contribution in [-0.2, 0) is 0 Å². The molecule has 0 fully saturated rings. The highest BCUT2D eigenvalue weighted by atomic mass is 32.1. The molecule has 0 bridgehead atoms. The first-order chi connectivity index (χ1) is 24.8. The number of thiophene rings is 1. The number of hydrogen-bond donors (Lipinski definition) is 0. The number of benzene rings is 9. The van der Waals surface area contributed by atoms with Gasteiger partial charge in [-0.15, -0.1) is 11.3 Å². The van der Waals surface area contributed by atoms with E-state index in [2.05, 4.69) is 193 Å². The zero-order valence-electron chi connectivity index (χ0n) is 27.3. The van der Waals surface area contributed by atoms with Gasteiger partial charge in [-0.3, -0.25) is 0 Å². The van der Waals surface area contributed by atoms with Gasteiger partial charge in [0.15, 0.2) is 0 Å². The van der Waals surface area contributed by atoms with E-state index in [1.54, 1.807) is 0 Å². The molecule has 0 atom stereocenters. The molecule has 0 aliphatic rings. The molecule has 1 heterocycles. The second kappa shape index (κ2) is 11.7. The average Bonchev–Trinajstić information content (AvgIpc) is 3.63. The monoisotopic (exact) mass is 653 g/mol. The van der Waals surface area contributed by atoms with Crippen molar-refractivity contribution < 1.29 is 0 Å². The van der Waals surface area contributed by atoms with Crippen LogP contribution in [0.1, 0.15) is 0 Å². The van der Waals surface area contributed by atoms with Gasteiger partial charge in [0.1, 0.15) is 0 Å². The Morgan fingerprint density at radius 2 is 0.800 bits per heavy atom. The predicted molar refractivity (Wildman–Crippen MR) is 217 cm³/mol. The largest absolute Gasteiger partial charge is 0.310 e. The van der Waals surface area contributed by atoms with E-state index in [0.29, 0.717) is 0 Å². The Morgan fingerprint density at radius 1 is 0.300 bits per heavy atom. The van der Waals surface area contributed by atoms with Crippen LogP contribution in [0.3, 0.4) is 0 Å². The van der Waals surface area contributed by atoms with Gasteiger partial charge in [-0.2, -0.15) is 0 Å². The summed E-state index contributed by atoms with van der Waals surface area (Å²) in [7, 11) is 0. The van der Waals surface area contributed by atoms with E-state index in [-0.39, 0.29) is 0 Å². The van der Waals surface area contributed by atoms with Gasteiger partial charge >= 0.3 is 0 Å². The lowest BCUT2D eigenvalue weighted by molar-refractivity contribution is 1.29. The van der Waals surface area contributed by atoms with Gasteiger partial charge in [-0.25, -0.2) is 0 Å². The molecule has 234 valence electrons. The molecule has 0 aliphatic heterocycles. The highest BCUT2D eigenvalue weighted by Crippen LogP contribution is 2.42. The zero-order valence-corrected chi connectivity index (χ0v) is 28.1. The Hall–Kier alpha value is -6.22. The van der Waals surface area contributed by atoms with Crippen molar-refractivity contribution in [3.8, 4) is 21.6 Å². The summed E-state index contributed by atoms with van der Waals surface area (Å²) in [6.45, 7) is 0. The molecule has 0 amide bonds. The highest BCUT2D eigenvalue weighted by molar-refractivity contribution is 7.22. The molecule has 0 spiro atoms. The van der Waals surface area contributed by atoms with E-state index < -0.39 is 0 Å². The fraction of sp³-hybridized carbons (Fsp3) is 0. The van der Waals surface area contributed by atoms with Crippen molar-refractivity contribution in [2.75, 3.05) is 4.90 Å². The Labute approximate surface area is 294 Å². The summed E-state index contributed by atoms with van der Waals surface area (Å²) in [5, 5.41) is 11.5. The maximum atomic E-state index is 2.39. The van der Waals surface area contributed by atoms with Crippen LogP contribution in [-0.4, -0.2) is 0 Å². The minimum Gasteiger partial charge on any atom is -0.310 e. The van der Waals surface area contributed by atoms with Crippen LogP contribution < -0.4 is 4.90 Å². The van der Waals surface area contributed by atoms with Crippen molar-refractivity contribution in [2.45, 2.75) is 0 Å². The topological polar surface area (TPSA) is 3.24 Å². The van der Waals surface area contributed by atoms with Gasteiger partial charge in [-0.05, 0) is 120 Å². The summed E-state index contributed by atoms with van der Waals surface area (Å²) in [6.07, 6.45) is 0. The molecule has 0 saturated carbocycles. The lowest BCUT2D eigenvalue weighted by Crippen LogP contribution is -2.10.